The van der Waals surface area contributed by atoms with Gasteiger partial charge in [-0.1, -0.05) is 0 Å². The zero-order valence-electron chi connectivity index (χ0n) is 29.4. The maximum atomic E-state index is 12.3. The number of ether oxygens (including phenoxy) is 6. The second kappa shape index (κ2) is 16.5. The smallest absolute Gasteiger partial charge is 0.340 e. The number of benzene rings is 2. The van der Waals surface area contributed by atoms with Crippen LogP contribution in [-0.4, -0.2) is 101 Å². The van der Waals surface area contributed by atoms with E-state index in [0.717, 1.165) is 11.4 Å². The van der Waals surface area contributed by atoms with E-state index < -0.39 is 11.9 Å². The highest BCUT2D eigenvalue weighted by Crippen LogP contribution is 2.46. The van der Waals surface area contributed by atoms with Crippen LogP contribution in [0.5, 0.6) is 34.5 Å². The number of aromatic nitrogens is 2. The molecule has 0 radical (unpaired) electrons. The van der Waals surface area contributed by atoms with Gasteiger partial charge in [-0.05, 0) is 50.2 Å². The lowest BCUT2D eigenvalue weighted by molar-refractivity contribution is 0.0682. The Kier molecular flexibility index (Phi) is 12.1. The molecule has 2 heterocycles. The number of carboxylic acids is 2. The number of hydrogen-bond donors (Lipinski definition) is 2. The first kappa shape index (κ1) is 36.9. The highest BCUT2D eigenvalue weighted by atomic mass is 16.5. The Morgan fingerprint density at radius 1 is 0.620 bits per heavy atom. The van der Waals surface area contributed by atoms with Crippen molar-refractivity contribution in [2.45, 2.75) is 13.8 Å². The molecule has 2 N–H and O–H groups in total. The molecule has 0 aliphatic rings. The lowest BCUT2D eigenvalue weighted by Crippen LogP contribution is -2.30. The third kappa shape index (κ3) is 7.53. The van der Waals surface area contributed by atoms with Crippen molar-refractivity contribution in [1.82, 2.24) is 9.97 Å². The fourth-order valence-corrected chi connectivity index (χ4v) is 5.42. The number of pyridine rings is 2. The minimum absolute atomic E-state index is 0.0588. The SMILES string of the molecule is CCOc1c(OC)cc(-c2ccc(N(C)CCN(C)c3ccc(-c4cc(OC)c(OCC)c(OC)c4C(=O)O)nc3)cn2)c(C(=O)O)c1OC. The molecule has 50 heavy (non-hydrogen) atoms. The van der Waals surface area contributed by atoms with Gasteiger partial charge in [-0.15, -0.1) is 0 Å². The average Bonchev–Trinajstić information content (AvgIpc) is 3.13. The fraction of sp³-hybridized carbons (Fsp3) is 0.333. The van der Waals surface area contributed by atoms with E-state index in [1.807, 2.05) is 36.0 Å². The zero-order valence-corrected chi connectivity index (χ0v) is 29.4. The number of aromatic carboxylic acids is 2. The van der Waals surface area contributed by atoms with Gasteiger partial charge < -0.3 is 48.4 Å². The van der Waals surface area contributed by atoms with Crippen LogP contribution >= 0.6 is 0 Å². The highest BCUT2D eigenvalue weighted by Gasteiger charge is 2.28. The molecule has 0 aliphatic heterocycles. The summed E-state index contributed by atoms with van der Waals surface area (Å²) < 4.78 is 33.2. The topological polar surface area (TPSA) is 162 Å². The predicted molar refractivity (Wildman–Crippen MR) is 188 cm³/mol. The number of carbonyl (C=O) groups is 2. The third-order valence-electron chi connectivity index (χ3n) is 7.96. The van der Waals surface area contributed by atoms with Crippen LogP contribution in [0.3, 0.4) is 0 Å². The quantitative estimate of drug-likeness (QED) is 0.141. The first-order valence-electron chi connectivity index (χ1n) is 15.7. The molecule has 0 saturated heterocycles. The molecule has 4 rings (SSSR count). The summed E-state index contributed by atoms with van der Waals surface area (Å²) in [6.45, 7) is 5.38. The normalized spacial score (nSPS) is 10.6. The van der Waals surface area contributed by atoms with Gasteiger partial charge in [0.15, 0.2) is 23.0 Å². The van der Waals surface area contributed by atoms with Crippen LogP contribution in [0.4, 0.5) is 11.4 Å². The Balaban J connectivity index is 1.52. The van der Waals surface area contributed by atoms with Crippen LogP contribution in [0, 0.1) is 0 Å². The molecule has 0 bridgehead atoms. The summed E-state index contributed by atoms with van der Waals surface area (Å²) in [6.07, 6.45) is 3.35. The molecule has 14 heteroatoms. The molecule has 2 aromatic heterocycles. The van der Waals surface area contributed by atoms with Gasteiger partial charge in [0.2, 0.25) is 11.5 Å². The second-order valence-corrected chi connectivity index (χ2v) is 10.9. The Bertz CT molecular complexity index is 1680. The predicted octanol–water partition coefficient (Wildman–Crippen LogP) is 5.61. The lowest BCUT2D eigenvalue weighted by Gasteiger charge is -2.25. The molecule has 2 aromatic carbocycles. The van der Waals surface area contributed by atoms with E-state index in [9.17, 15) is 19.8 Å². The molecule has 0 spiro atoms. The maximum absolute atomic E-state index is 12.3. The summed E-state index contributed by atoms with van der Waals surface area (Å²) >= 11 is 0. The van der Waals surface area contributed by atoms with Gasteiger partial charge >= 0.3 is 11.9 Å². The van der Waals surface area contributed by atoms with Crippen molar-refractivity contribution in [2.24, 2.45) is 0 Å². The summed E-state index contributed by atoms with van der Waals surface area (Å²) in [4.78, 5) is 37.8. The molecular weight excluding hydrogens is 648 g/mol. The largest absolute Gasteiger partial charge is 0.493 e. The van der Waals surface area contributed by atoms with E-state index >= 15 is 0 Å². The second-order valence-electron chi connectivity index (χ2n) is 10.9. The molecule has 0 aliphatic carbocycles. The van der Waals surface area contributed by atoms with E-state index in [0.29, 0.717) is 60.3 Å². The van der Waals surface area contributed by atoms with Crippen LogP contribution in [0.2, 0.25) is 0 Å². The van der Waals surface area contributed by atoms with E-state index in [1.54, 1.807) is 50.5 Å². The molecule has 266 valence electrons. The van der Waals surface area contributed by atoms with Crippen molar-refractivity contribution >= 4 is 23.3 Å². The van der Waals surface area contributed by atoms with E-state index in [2.05, 4.69) is 9.97 Å². The molecule has 0 amide bonds. The van der Waals surface area contributed by atoms with Crippen molar-refractivity contribution < 1.29 is 48.2 Å². The average molecular weight is 691 g/mol. The molecule has 0 saturated carbocycles. The highest BCUT2D eigenvalue weighted by molar-refractivity contribution is 6.01. The van der Waals surface area contributed by atoms with Gasteiger partial charge in [-0.25, -0.2) is 9.59 Å². The minimum atomic E-state index is -1.18. The van der Waals surface area contributed by atoms with Crippen LogP contribution in [0.25, 0.3) is 22.5 Å². The van der Waals surface area contributed by atoms with Crippen molar-refractivity contribution in [3.8, 4) is 57.0 Å². The third-order valence-corrected chi connectivity index (χ3v) is 7.96. The molecular formula is C36H42N4O10. The number of likely N-dealkylation sites (N-methyl/N-ethyl adjacent to an activating group) is 2. The monoisotopic (exact) mass is 690 g/mol. The Hall–Kier alpha value is -5.92. The van der Waals surface area contributed by atoms with Gasteiger partial charge in [0.1, 0.15) is 11.1 Å². The van der Waals surface area contributed by atoms with Crippen LogP contribution in [0.1, 0.15) is 34.6 Å². The zero-order chi connectivity index (χ0) is 36.5. The van der Waals surface area contributed by atoms with Crippen molar-refractivity contribution in [1.29, 1.82) is 0 Å². The summed E-state index contributed by atoms with van der Waals surface area (Å²) in [6, 6.07) is 10.4. The number of rotatable bonds is 17. The van der Waals surface area contributed by atoms with Crippen LogP contribution < -0.4 is 38.2 Å². The molecule has 0 unspecified atom stereocenters. The van der Waals surface area contributed by atoms with E-state index in [4.69, 9.17) is 28.4 Å². The van der Waals surface area contributed by atoms with Crippen molar-refractivity contribution in [2.75, 3.05) is 78.6 Å². The fourth-order valence-electron chi connectivity index (χ4n) is 5.42. The van der Waals surface area contributed by atoms with Crippen LogP contribution in [-0.2, 0) is 0 Å². The summed E-state index contributed by atoms with van der Waals surface area (Å²) in [7, 11) is 9.56. The number of anilines is 2. The number of methoxy groups -OCH3 is 4. The first-order chi connectivity index (χ1) is 24.0. The van der Waals surface area contributed by atoms with Crippen molar-refractivity contribution in [3.05, 3.63) is 59.9 Å². The molecule has 0 fully saturated rings. The van der Waals surface area contributed by atoms with Gasteiger partial charge in [-0.3, -0.25) is 9.97 Å². The summed E-state index contributed by atoms with van der Waals surface area (Å²) in [5.41, 5.74) is 2.99. The Labute approximate surface area is 290 Å². The number of hydrogen-bond acceptors (Lipinski definition) is 12. The molecule has 14 nitrogen and oxygen atoms in total. The summed E-state index contributed by atoms with van der Waals surface area (Å²) in [5.74, 6) is -1.16. The maximum Gasteiger partial charge on any atom is 0.340 e. The molecule has 0 atom stereocenters. The van der Waals surface area contributed by atoms with E-state index in [1.165, 1.54) is 28.4 Å². The van der Waals surface area contributed by atoms with E-state index in [-0.39, 0.29) is 34.1 Å². The standard InChI is InChI=1S/C36H42N4O10/c1-9-49-31-27(45-5)17-23(29(35(41)42)33(31)47-7)25-13-11-21(19-37-25)39(3)15-16-40(4)22-12-14-26(38-20-22)24-18-28(46-6)32(50-10-2)34(48-8)30(24)36(43)44/h11-14,17-20H,9-10,15-16H2,1-8H3,(H,41,42)(H,43,44). The van der Waals surface area contributed by atoms with Crippen molar-refractivity contribution in [3.63, 3.8) is 0 Å². The number of nitrogens with zero attached hydrogens (tertiary/aromatic N) is 4. The van der Waals surface area contributed by atoms with Crippen LogP contribution in [0.15, 0.2) is 48.8 Å². The molecule has 4 aromatic rings. The first-order valence-corrected chi connectivity index (χ1v) is 15.7. The van der Waals surface area contributed by atoms with Gasteiger partial charge in [0, 0.05) is 38.3 Å². The van der Waals surface area contributed by atoms with Gasteiger partial charge in [0.05, 0.1) is 76.8 Å². The summed E-state index contributed by atoms with van der Waals surface area (Å²) in [5, 5.41) is 20.1. The minimum Gasteiger partial charge on any atom is -0.493 e. The Morgan fingerprint density at radius 2 is 1.00 bits per heavy atom. The Morgan fingerprint density at radius 3 is 1.26 bits per heavy atom. The van der Waals surface area contributed by atoms with Gasteiger partial charge in [-0.2, -0.15) is 0 Å². The van der Waals surface area contributed by atoms with Gasteiger partial charge in [0.25, 0.3) is 0 Å². The lowest BCUT2D eigenvalue weighted by atomic mass is 10.0. The number of carboxylic acid groups (broad SMARTS) is 2.